The van der Waals surface area contributed by atoms with Crippen LogP contribution < -0.4 is 16.0 Å². The molecule has 2 aromatic rings. The predicted octanol–water partition coefficient (Wildman–Crippen LogP) is 2.08. The summed E-state index contributed by atoms with van der Waals surface area (Å²) < 4.78 is 26.6. The standard InChI is InChI=1S/C20H21F2N3O3/c1-23-20(28)18(14-9-10-15(21)16(22)12-14)25-17(26)8-5-11-24-19(27)13-6-3-2-4-7-13/h2-4,6-7,9-10,12,18H,5,8,11H2,1H3,(H,23,28)(H,24,27)(H,25,26). The molecular formula is C20H21F2N3O3. The van der Waals surface area contributed by atoms with Crippen molar-refractivity contribution in [1.29, 1.82) is 0 Å². The second-order valence-electron chi connectivity index (χ2n) is 6.01. The number of amides is 3. The Kier molecular flexibility index (Phi) is 7.62. The van der Waals surface area contributed by atoms with Crippen LogP contribution in [0.25, 0.3) is 0 Å². The van der Waals surface area contributed by atoms with E-state index < -0.39 is 29.5 Å². The van der Waals surface area contributed by atoms with Gasteiger partial charge in [0.15, 0.2) is 11.6 Å². The van der Waals surface area contributed by atoms with Crippen LogP contribution in [0.2, 0.25) is 0 Å². The van der Waals surface area contributed by atoms with Crippen molar-refractivity contribution >= 4 is 17.7 Å². The molecule has 1 atom stereocenters. The monoisotopic (exact) mass is 389 g/mol. The van der Waals surface area contributed by atoms with Gasteiger partial charge in [-0.1, -0.05) is 24.3 Å². The quantitative estimate of drug-likeness (QED) is 0.604. The molecule has 0 aromatic heterocycles. The van der Waals surface area contributed by atoms with Gasteiger partial charge in [0.1, 0.15) is 6.04 Å². The van der Waals surface area contributed by atoms with Crippen LogP contribution in [0, 0.1) is 11.6 Å². The van der Waals surface area contributed by atoms with E-state index in [1.54, 1.807) is 30.3 Å². The number of carbonyl (C=O) groups excluding carboxylic acids is 3. The molecule has 8 heteroatoms. The summed E-state index contributed by atoms with van der Waals surface area (Å²) in [5, 5.41) is 7.57. The molecule has 0 bridgehead atoms. The van der Waals surface area contributed by atoms with Crippen LogP contribution in [-0.2, 0) is 9.59 Å². The van der Waals surface area contributed by atoms with E-state index in [4.69, 9.17) is 0 Å². The minimum Gasteiger partial charge on any atom is -0.357 e. The smallest absolute Gasteiger partial charge is 0.251 e. The summed E-state index contributed by atoms with van der Waals surface area (Å²) in [6.07, 6.45) is 0.398. The van der Waals surface area contributed by atoms with Gasteiger partial charge in [0.25, 0.3) is 5.91 Å². The Morgan fingerprint density at radius 1 is 1.00 bits per heavy atom. The van der Waals surface area contributed by atoms with Crippen molar-refractivity contribution in [3.05, 3.63) is 71.3 Å². The Morgan fingerprint density at radius 3 is 2.36 bits per heavy atom. The van der Waals surface area contributed by atoms with Gasteiger partial charge in [-0.05, 0) is 36.2 Å². The molecule has 0 radical (unpaired) electrons. The molecule has 0 saturated heterocycles. The zero-order valence-corrected chi connectivity index (χ0v) is 15.3. The number of rotatable bonds is 8. The largest absolute Gasteiger partial charge is 0.357 e. The molecule has 2 aromatic carbocycles. The molecular weight excluding hydrogens is 368 g/mol. The van der Waals surface area contributed by atoms with Crippen molar-refractivity contribution in [3.8, 4) is 0 Å². The van der Waals surface area contributed by atoms with Crippen LogP contribution >= 0.6 is 0 Å². The lowest BCUT2D eigenvalue weighted by molar-refractivity contribution is -0.128. The number of hydrogen-bond acceptors (Lipinski definition) is 3. The fourth-order valence-electron chi connectivity index (χ4n) is 2.51. The molecule has 0 fully saturated rings. The SMILES string of the molecule is CNC(=O)C(NC(=O)CCCNC(=O)c1ccccc1)c1ccc(F)c(F)c1. The second kappa shape index (κ2) is 10.1. The maximum atomic E-state index is 13.4. The van der Waals surface area contributed by atoms with E-state index in [0.717, 1.165) is 12.1 Å². The molecule has 0 heterocycles. The lowest BCUT2D eigenvalue weighted by atomic mass is 10.1. The summed E-state index contributed by atoms with van der Waals surface area (Å²) in [6, 6.07) is 10.5. The Bertz CT molecular complexity index is 844. The molecule has 0 aliphatic carbocycles. The molecule has 0 spiro atoms. The van der Waals surface area contributed by atoms with Gasteiger partial charge in [0.05, 0.1) is 0 Å². The molecule has 148 valence electrons. The van der Waals surface area contributed by atoms with E-state index in [1.165, 1.54) is 13.1 Å². The molecule has 28 heavy (non-hydrogen) atoms. The lowest BCUT2D eigenvalue weighted by Gasteiger charge is -2.18. The first-order valence-electron chi connectivity index (χ1n) is 8.71. The van der Waals surface area contributed by atoms with E-state index >= 15 is 0 Å². The fourth-order valence-corrected chi connectivity index (χ4v) is 2.51. The topological polar surface area (TPSA) is 87.3 Å². The highest BCUT2D eigenvalue weighted by Crippen LogP contribution is 2.17. The molecule has 1 unspecified atom stereocenters. The van der Waals surface area contributed by atoms with Crippen molar-refractivity contribution in [2.45, 2.75) is 18.9 Å². The number of hydrogen-bond donors (Lipinski definition) is 3. The van der Waals surface area contributed by atoms with Gasteiger partial charge < -0.3 is 16.0 Å². The van der Waals surface area contributed by atoms with Crippen molar-refractivity contribution in [2.24, 2.45) is 0 Å². The lowest BCUT2D eigenvalue weighted by Crippen LogP contribution is -2.39. The van der Waals surface area contributed by atoms with Crippen LogP contribution in [-0.4, -0.2) is 31.3 Å². The van der Waals surface area contributed by atoms with Gasteiger partial charge in [-0.25, -0.2) is 8.78 Å². The first-order chi connectivity index (χ1) is 13.4. The second-order valence-corrected chi connectivity index (χ2v) is 6.01. The third-order valence-electron chi connectivity index (χ3n) is 3.99. The zero-order chi connectivity index (χ0) is 20.5. The fraction of sp³-hybridized carbons (Fsp3) is 0.250. The summed E-state index contributed by atoms with van der Waals surface area (Å²) in [5.74, 6) is -3.40. The average Bonchev–Trinajstić information content (AvgIpc) is 2.71. The normalized spacial score (nSPS) is 11.4. The molecule has 0 aliphatic rings. The molecule has 2 rings (SSSR count). The summed E-state index contributed by atoms with van der Waals surface area (Å²) in [6.45, 7) is 0.275. The average molecular weight is 389 g/mol. The van der Waals surface area contributed by atoms with E-state index in [2.05, 4.69) is 16.0 Å². The van der Waals surface area contributed by atoms with Gasteiger partial charge in [0.2, 0.25) is 11.8 Å². The summed E-state index contributed by atoms with van der Waals surface area (Å²) in [5.41, 5.74) is 0.647. The van der Waals surface area contributed by atoms with Crippen LogP contribution in [0.4, 0.5) is 8.78 Å². The third-order valence-corrected chi connectivity index (χ3v) is 3.99. The van der Waals surface area contributed by atoms with E-state index in [9.17, 15) is 23.2 Å². The predicted molar refractivity (Wildman–Crippen MR) is 99.3 cm³/mol. The molecule has 3 N–H and O–H groups in total. The number of nitrogens with one attached hydrogen (secondary N) is 3. The van der Waals surface area contributed by atoms with Gasteiger partial charge in [-0.2, -0.15) is 0 Å². The van der Waals surface area contributed by atoms with Gasteiger partial charge in [-0.3, -0.25) is 14.4 Å². The van der Waals surface area contributed by atoms with Gasteiger partial charge in [-0.15, -0.1) is 0 Å². The Labute approximate surface area is 161 Å². The van der Waals surface area contributed by atoms with Crippen LogP contribution in [0.1, 0.15) is 34.8 Å². The van der Waals surface area contributed by atoms with Crippen molar-refractivity contribution < 1.29 is 23.2 Å². The highest BCUT2D eigenvalue weighted by atomic mass is 19.2. The maximum absolute atomic E-state index is 13.4. The first kappa shape index (κ1) is 21.0. The van der Waals surface area contributed by atoms with Crippen molar-refractivity contribution in [1.82, 2.24) is 16.0 Å². The van der Waals surface area contributed by atoms with Gasteiger partial charge in [0, 0.05) is 25.6 Å². The Balaban J connectivity index is 1.87. The minimum absolute atomic E-state index is 0.0479. The highest BCUT2D eigenvalue weighted by Gasteiger charge is 2.22. The van der Waals surface area contributed by atoms with E-state index in [1.807, 2.05) is 0 Å². The zero-order valence-electron chi connectivity index (χ0n) is 15.3. The molecule has 0 aliphatic heterocycles. The number of benzene rings is 2. The minimum atomic E-state index is -1.15. The number of halogens is 2. The summed E-state index contributed by atoms with van der Waals surface area (Å²) in [4.78, 5) is 36.1. The van der Waals surface area contributed by atoms with Crippen LogP contribution in [0.15, 0.2) is 48.5 Å². The maximum Gasteiger partial charge on any atom is 0.251 e. The molecule has 3 amide bonds. The van der Waals surface area contributed by atoms with Crippen LogP contribution in [0.3, 0.4) is 0 Å². The summed E-state index contributed by atoms with van der Waals surface area (Å²) >= 11 is 0. The van der Waals surface area contributed by atoms with Crippen molar-refractivity contribution in [2.75, 3.05) is 13.6 Å². The number of carbonyl (C=O) groups is 3. The number of likely N-dealkylation sites (N-methyl/N-ethyl adjacent to an activating group) is 1. The van der Waals surface area contributed by atoms with Crippen LogP contribution in [0.5, 0.6) is 0 Å². The Hall–Kier alpha value is -3.29. The van der Waals surface area contributed by atoms with Gasteiger partial charge >= 0.3 is 0 Å². The summed E-state index contributed by atoms with van der Waals surface area (Å²) in [7, 11) is 1.38. The highest BCUT2D eigenvalue weighted by molar-refractivity contribution is 5.94. The third kappa shape index (κ3) is 5.87. The van der Waals surface area contributed by atoms with Crippen molar-refractivity contribution in [3.63, 3.8) is 0 Å². The first-order valence-corrected chi connectivity index (χ1v) is 8.71. The molecule has 6 nitrogen and oxygen atoms in total. The van der Waals surface area contributed by atoms with E-state index in [0.29, 0.717) is 12.0 Å². The Morgan fingerprint density at radius 2 is 1.71 bits per heavy atom. The van der Waals surface area contributed by atoms with E-state index in [-0.39, 0.29) is 24.4 Å². The molecule has 0 saturated carbocycles.